The van der Waals surface area contributed by atoms with E-state index in [2.05, 4.69) is 68.5 Å². The van der Waals surface area contributed by atoms with E-state index in [1.165, 1.54) is 128 Å². The monoisotopic (exact) mass is 954 g/mol. The molecule has 16 aliphatic carbocycles. The molecule has 0 spiro atoms. The molecule has 16 aliphatic rings. The molecular formula is C60H74Cl2Zr. The van der Waals surface area contributed by atoms with Crippen molar-refractivity contribution in [3.8, 4) is 11.1 Å². The molecule has 3 heteroatoms. The van der Waals surface area contributed by atoms with Gasteiger partial charge in [-0.3, -0.25) is 0 Å². The molecule has 0 aliphatic heterocycles. The van der Waals surface area contributed by atoms with Crippen LogP contribution in [0.15, 0.2) is 71.3 Å². The van der Waals surface area contributed by atoms with Crippen LogP contribution in [0.1, 0.15) is 190 Å². The summed E-state index contributed by atoms with van der Waals surface area (Å²) in [5, 5.41) is 0. The van der Waals surface area contributed by atoms with Crippen molar-refractivity contribution >= 4 is 0 Å². The zero-order valence-corrected chi connectivity index (χ0v) is 42.7. The van der Waals surface area contributed by atoms with E-state index in [1.54, 1.807) is 52.6 Å². The number of fused-ring (bicyclic) bond motifs is 3. The third kappa shape index (κ3) is 6.10. The van der Waals surface area contributed by atoms with Crippen molar-refractivity contribution in [3.05, 3.63) is 93.6 Å². The van der Waals surface area contributed by atoms with Crippen LogP contribution in [0.2, 0.25) is 0 Å². The minimum atomic E-state index is 0. The summed E-state index contributed by atoms with van der Waals surface area (Å²) in [6.07, 6.45) is 42.1. The van der Waals surface area contributed by atoms with E-state index in [1.807, 2.05) is 16.7 Å². The van der Waals surface area contributed by atoms with E-state index in [0.29, 0.717) is 28.1 Å². The molecule has 0 radical (unpaired) electrons. The van der Waals surface area contributed by atoms with Crippen LogP contribution in [0.25, 0.3) is 11.1 Å². The Kier molecular flexibility index (Phi) is 10.4. The van der Waals surface area contributed by atoms with Crippen molar-refractivity contribution in [2.75, 3.05) is 0 Å². The molecule has 0 aromatic heterocycles. The maximum absolute atomic E-state index is 3.02. The number of halogens is 2. The molecule has 2 aromatic rings. The van der Waals surface area contributed by atoms with Crippen LogP contribution >= 0.6 is 0 Å². The van der Waals surface area contributed by atoms with Crippen LogP contribution in [0.4, 0.5) is 0 Å². The summed E-state index contributed by atoms with van der Waals surface area (Å²) in [4.78, 5) is 0. The summed E-state index contributed by atoms with van der Waals surface area (Å²) in [7, 11) is 0. The van der Waals surface area contributed by atoms with Gasteiger partial charge in [-0.15, -0.1) is 0 Å². The third-order valence-electron chi connectivity index (χ3n) is 23.0. The average Bonchev–Trinajstić information content (AvgIpc) is 3.90. The van der Waals surface area contributed by atoms with E-state index >= 15 is 0 Å². The molecule has 0 N–H and O–H groups in total. The van der Waals surface area contributed by atoms with Crippen LogP contribution in [-0.2, 0) is 37.0 Å². The van der Waals surface area contributed by atoms with Crippen LogP contribution in [-0.4, -0.2) is 0 Å². The molecule has 332 valence electrons. The molecule has 2 aromatic carbocycles. The zero-order chi connectivity index (χ0) is 39.3. The van der Waals surface area contributed by atoms with Crippen molar-refractivity contribution < 1.29 is 51.0 Å². The second-order valence-electron chi connectivity index (χ2n) is 26.5. The molecule has 12 bridgehead atoms. The molecule has 63 heavy (non-hydrogen) atoms. The van der Waals surface area contributed by atoms with Crippen molar-refractivity contribution in [3.63, 3.8) is 0 Å². The van der Waals surface area contributed by atoms with Crippen molar-refractivity contribution in [2.45, 2.75) is 178 Å². The molecule has 0 heterocycles. The summed E-state index contributed by atoms with van der Waals surface area (Å²) in [6, 6.07) is 16.9. The molecule has 12 fully saturated rings. The maximum Gasteiger partial charge on any atom is 2.00 e. The molecule has 18 rings (SSSR count). The molecule has 3 atom stereocenters. The molecule has 0 amide bonds. The van der Waals surface area contributed by atoms with Crippen molar-refractivity contribution in [1.29, 1.82) is 0 Å². The number of rotatable bonds is 6. The Labute approximate surface area is 412 Å². The van der Waals surface area contributed by atoms with Crippen molar-refractivity contribution in [2.24, 2.45) is 81.8 Å². The molecule has 0 nitrogen and oxygen atoms in total. The van der Waals surface area contributed by atoms with Gasteiger partial charge in [-0.25, -0.2) is 0 Å². The van der Waals surface area contributed by atoms with Gasteiger partial charge in [0.05, 0.1) is 0 Å². The van der Waals surface area contributed by atoms with Gasteiger partial charge >= 0.3 is 26.2 Å². The van der Waals surface area contributed by atoms with E-state index < -0.39 is 0 Å². The third-order valence-corrected chi connectivity index (χ3v) is 23.0. The fourth-order valence-electron chi connectivity index (χ4n) is 22.0. The first-order chi connectivity index (χ1) is 29.2. The van der Waals surface area contributed by atoms with Gasteiger partial charge < -0.3 is 24.8 Å². The standard InChI is InChI=1S/C60H74.2ClH.Zr/c1-35(2)60(34-54(45-6-4-3-5-7-45)53-23-48(24-55(53)60)59-31-42-18-43(32-59)20-44(19-42)33-59)56-49-10-8-46(57-25-36-12-37(26-57)14-38(13-36)27-57)21-51(49)52-22-47(9-11-50(52)56)58-28-39-15-40(29-58)17-41(16-39)30-58;;;/h3-4,8-11,21-22,24,35-45,54,56H,5-7,12-20,23,25-34H2,1-2H3;2*1H;/q;;;+2/p-2. The molecule has 3 unspecified atom stereocenters. The van der Waals surface area contributed by atoms with Gasteiger partial charge in [-0.2, -0.15) is 0 Å². The summed E-state index contributed by atoms with van der Waals surface area (Å²) >= 11 is 0. The van der Waals surface area contributed by atoms with E-state index in [-0.39, 0.29) is 56.4 Å². The normalized spacial score (nSPS) is 47.0. The zero-order valence-electron chi connectivity index (χ0n) is 38.7. The second-order valence-corrected chi connectivity index (χ2v) is 26.5. The first-order valence-corrected chi connectivity index (χ1v) is 26.6. The van der Waals surface area contributed by atoms with Crippen LogP contribution in [0.5, 0.6) is 0 Å². The largest absolute Gasteiger partial charge is 2.00 e. The minimum Gasteiger partial charge on any atom is -1.00 e. The summed E-state index contributed by atoms with van der Waals surface area (Å²) in [6.45, 7) is 5.38. The van der Waals surface area contributed by atoms with Gasteiger partial charge in [0.25, 0.3) is 0 Å². The SMILES string of the molecule is CC(C)C1(C2c3ccc(C45CC6CC(CC(C6)C4)C5)cc3-c3cc(C45CC6CC(CC(C6)C4)C5)ccc32)CC(C2CC=CCC2)C2=C1C=C(C13CC4CC(CC(C4)C1)C3)C2.[Cl-].[Cl-].[Zr+2]. The van der Waals surface area contributed by atoms with E-state index in [4.69, 9.17) is 0 Å². The van der Waals surface area contributed by atoms with Crippen LogP contribution < -0.4 is 24.8 Å². The maximum atomic E-state index is 3.02. The fourth-order valence-corrected chi connectivity index (χ4v) is 22.0. The number of hydrogen-bond acceptors (Lipinski definition) is 0. The van der Waals surface area contributed by atoms with Gasteiger partial charge in [0.1, 0.15) is 0 Å². The molecule has 0 saturated heterocycles. The summed E-state index contributed by atoms with van der Waals surface area (Å²) in [5.74, 6) is 11.6. The number of benzene rings is 2. The topological polar surface area (TPSA) is 0 Å². The fraction of sp³-hybridized carbons (Fsp3) is 0.700. The Morgan fingerprint density at radius 3 is 1.35 bits per heavy atom. The Bertz CT molecular complexity index is 2090. The Morgan fingerprint density at radius 2 is 0.952 bits per heavy atom. The smallest absolute Gasteiger partial charge is 1.00 e. The quantitative estimate of drug-likeness (QED) is 0.254. The van der Waals surface area contributed by atoms with Crippen LogP contribution in [0, 0.1) is 81.8 Å². The molecule has 12 saturated carbocycles. The second kappa shape index (κ2) is 15.1. The summed E-state index contributed by atoms with van der Waals surface area (Å²) in [5.41, 5.74) is 17.8. The number of allylic oxidation sites excluding steroid dienone is 6. The predicted molar refractivity (Wildman–Crippen MR) is 246 cm³/mol. The Balaban J connectivity index is 0.00000140. The van der Waals surface area contributed by atoms with E-state index in [0.717, 1.165) is 65.1 Å². The predicted octanol–water partition coefficient (Wildman–Crippen LogP) is 9.60. The Hall–Kier alpha value is -0.877. The Morgan fingerprint density at radius 1 is 0.524 bits per heavy atom. The first-order valence-electron chi connectivity index (χ1n) is 26.6. The average molecular weight is 957 g/mol. The van der Waals surface area contributed by atoms with Gasteiger partial charge in [0, 0.05) is 11.3 Å². The first kappa shape index (κ1) is 43.4. The van der Waals surface area contributed by atoms with Gasteiger partial charge in [0.2, 0.25) is 0 Å². The van der Waals surface area contributed by atoms with Crippen molar-refractivity contribution in [1.82, 2.24) is 0 Å². The van der Waals surface area contributed by atoms with E-state index in [9.17, 15) is 0 Å². The minimum absolute atomic E-state index is 0. The van der Waals surface area contributed by atoms with Gasteiger partial charge in [-0.05, 0) is 274 Å². The number of hydrogen-bond donors (Lipinski definition) is 0. The molecular weight excluding hydrogens is 883 g/mol. The van der Waals surface area contributed by atoms with Gasteiger partial charge in [0.15, 0.2) is 0 Å². The van der Waals surface area contributed by atoms with Gasteiger partial charge in [-0.1, -0.05) is 79.6 Å². The van der Waals surface area contributed by atoms with Crippen LogP contribution in [0.3, 0.4) is 0 Å². The summed E-state index contributed by atoms with van der Waals surface area (Å²) < 4.78 is 0.